The van der Waals surface area contributed by atoms with Gasteiger partial charge < -0.3 is 16.2 Å². The molecule has 1 rings (SSSR count). The molecule has 4 heteroatoms. The first kappa shape index (κ1) is 14.7. The quantitative estimate of drug-likeness (QED) is 0.703. The van der Waals surface area contributed by atoms with Crippen LogP contribution in [-0.2, 0) is 6.42 Å². The number of benzene rings is 1. The Bertz CT molecular complexity index is 385. The molecule has 18 heavy (non-hydrogen) atoms. The van der Waals surface area contributed by atoms with E-state index in [1.54, 1.807) is 12.1 Å². The van der Waals surface area contributed by atoms with Crippen molar-refractivity contribution >= 4 is 5.91 Å². The van der Waals surface area contributed by atoms with E-state index in [9.17, 15) is 4.79 Å². The number of carbonyl (C=O) groups is 1. The number of hydrogen-bond donors (Lipinski definition) is 3. The molecule has 0 spiro atoms. The van der Waals surface area contributed by atoms with Crippen molar-refractivity contribution in [3.8, 4) is 0 Å². The summed E-state index contributed by atoms with van der Waals surface area (Å²) in [6.45, 7) is 4.90. The van der Waals surface area contributed by atoms with Gasteiger partial charge in [-0.3, -0.25) is 4.79 Å². The molecule has 0 bridgehead atoms. The Morgan fingerprint density at radius 3 is 2.44 bits per heavy atom. The third-order valence-corrected chi connectivity index (χ3v) is 2.80. The van der Waals surface area contributed by atoms with Crippen molar-refractivity contribution in [3.63, 3.8) is 0 Å². The normalized spacial score (nSPS) is 11.3. The van der Waals surface area contributed by atoms with Gasteiger partial charge in [0.2, 0.25) is 0 Å². The molecule has 0 aromatic heterocycles. The predicted octanol–water partition coefficient (Wildman–Crippen LogP) is 0.936. The first-order valence-electron chi connectivity index (χ1n) is 6.16. The van der Waals surface area contributed by atoms with Gasteiger partial charge in [0.15, 0.2) is 0 Å². The Hall–Kier alpha value is -1.39. The van der Waals surface area contributed by atoms with Gasteiger partial charge in [0.1, 0.15) is 0 Å². The molecule has 0 aliphatic rings. The average molecular weight is 250 g/mol. The highest BCUT2D eigenvalue weighted by molar-refractivity contribution is 5.94. The zero-order valence-electron chi connectivity index (χ0n) is 11.1. The largest absolute Gasteiger partial charge is 0.396 e. The van der Waals surface area contributed by atoms with Gasteiger partial charge in [0.25, 0.3) is 5.91 Å². The van der Waals surface area contributed by atoms with Gasteiger partial charge in [-0.05, 0) is 30.7 Å². The van der Waals surface area contributed by atoms with E-state index in [1.165, 1.54) is 0 Å². The van der Waals surface area contributed by atoms with E-state index in [4.69, 9.17) is 10.8 Å². The van der Waals surface area contributed by atoms with Crippen molar-refractivity contribution in [1.29, 1.82) is 0 Å². The molecular weight excluding hydrogens is 228 g/mol. The van der Waals surface area contributed by atoms with E-state index >= 15 is 0 Å². The van der Waals surface area contributed by atoms with E-state index in [2.05, 4.69) is 5.32 Å². The molecule has 100 valence electrons. The maximum absolute atomic E-state index is 11.9. The highest BCUT2D eigenvalue weighted by atomic mass is 16.3. The predicted molar refractivity (Wildman–Crippen MR) is 72.4 cm³/mol. The highest BCUT2D eigenvalue weighted by Gasteiger charge is 2.17. The maximum Gasteiger partial charge on any atom is 0.251 e. The number of hydrogen-bond acceptors (Lipinski definition) is 3. The van der Waals surface area contributed by atoms with Crippen LogP contribution >= 0.6 is 0 Å². The van der Waals surface area contributed by atoms with Crippen LogP contribution in [0.5, 0.6) is 0 Å². The number of rotatable bonds is 6. The standard InChI is InChI=1S/C14H22N2O2/c1-14(2,10-17)9-16-13(18)12-5-3-11(4-6-12)7-8-15/h3-6,17H,7-10,15H2,1-2H3,(H,16,18). The molecule has 4 N–H and O–H groups in total. The molecule has 0 atom stereocenters. The summed E-state index contributed by atoms with van der Waals surface area (Å²) in [5.41, 5.74) is 6.93. The van der Waals surface area contributed by atoms with Gasteiger partial charge in [0, 0.05) is 24.1 Å². The van der Waals surface area contributed by atoms with Crippen LogP contribution in [0, 0.1) is 5.41 Å². The van der Waals surface area contributed by atoms with Crippen LogP contribution < -0.4 is 11.1 Å². The Labute approximate surface area is 108 Å². The molecule has 0 fully saturated rings. The molecular formula is C14H22N2O2. The highest BCUT2D eigenvalue weighted by Crippen LogP contribution is 2.12. The molecule has 1 aromatic carbocycles. The van der Waals surface area contributed by atoms with E-state index in [-0.39, 0.29) is 17.9 Å². The molecule has 0 radical (unpaired) electrons. The summed E-state index contributed by atoms with van der Waals surface area (Å²) in [4.78, 5) is 11.9. The van der Waals surface area contributed by atoms with Crippen molar-refractivity contribution in [2.24, 2.45) is 11.1 Å². The van der Waals surface area contributed by atoms with Crippen LogP contribution in [0.2, 0.25) is 0 Å². The molecule has 0 heterocycles. The summed E-state index contributed by atoms with van der Waals surface area (Å²) in [6.07, 6.45) is 0.819. The molecule has 0 unspecified atom stereocenters. The lowest BCUT2D eigenvalue weighted by Crippen LogP contribution is -2.36. The zero-order chi connectivity index (χ0) is 13.6. The summed E-state index contributed by atoms with van der Waals surface area (Å²) in [7, 11) is 0. The molecule has 0 aliphatic carbocycles. The average Bonchev–Trinajstić information content (AvgIpc) is 2.37. The number of nitrogens with one attached hydrogen (secondary N) is 1. The Morgan fingerprint density at radius 1 is 1.33 bits per heavy atom. The van der Waals surface area contributed by atoms with Crippen molar-refractivity contribution in [3.05, 3.63) is 35.4 Å². The van der Waals surface area contributed by atoms with E-state index in [0.717, 1.165) is 12.0 Å². The third-order valence-electron chi connectivity index (χ3n) is 2.80. The van der Waals surface area contributed by atoms with Crippen LogP contribution in [0.25, 0.3) is 0 Å². The van der Waals surface area contributed by atoms with Crippen LogP contribution in [0.3, 0.4) is 0 Å². The monoisotopic (exact) mass is 250 g/mol. The SMILES string of the molecule is CC(C)(CO)CNC(=O)c1ccc(CCN)cc1. The second-order valence-corrected chi connectivity index (χ2v) is 5.24. The fourth-order valence-corrected chi connectivity index (χ4v) is 1.47. The molecule has 1 aromatic rings. The number of aliphatic hydroxyl groups is 1. The van der Waals surface area contributed by atoms with Gasteiger partial charge in [0.05, 0.1) is 0 Å². The van der Waals surface area contributed by atoms with E-state index in [0.29, 0.717) is 18.7 Å². The number of carbonyl (C=O) groups excluding carboxylic acids is 1. The minimum absolute atomic E-state index is 0.0444. The van der Waals surface area contributed by atoms with Gasteiger partial charge in [-0.15, -0.1) is 0 Å². The molecule has 0 saturated heterocycles. The van der Waals surface area contributed by atoms with E-state index < -0.39 is 0 Å². The molecule has 4 nitrogen and oxygen atoms in total. The van der Waals surface area contributed by atoms with Gasteiger partial charge in [-0.25, -0.2) is 0 Å². The van der Waals surface area contributed by atoms with Gasteiger partial charge in [-0.1, -0.05) is 26.0 Å². The summed E-state index contributed by atoms with van der Waals surface area (Å²) in [5.74, 6) is -0.115. The topological polar surface area (TPSA) is 75.3 Å². The third kappa shape index (κ3) is 4.47. The Morgan fingerprint density at radius 2 is 1.94 bits per heavy atom. The second-order valence-electron chi connectivity index (χ2n) is 5.24. The molecule has 0 aliphatic heterocycles. The lowest BCUT2D eigenvalue weighted by Gasteiger charge is -2.21. The van der Waals surface area contributed by atoms with Crippen LogP contribution in [0.4, 0.5) is 0 Å². The number of aliphatic hydroxyl groups excluding tert-OH is 1. The lowest BCUT2D eigenvalue weighted by atomic mass is 9.95. The number of amides is 1. The maximum atomic E-state index is 11.9. The smallest absolute Gasteiger partial charge is 0.251 e. The minimum atomic E-state index is -0.296. The van der Waals surface area contributed by atoms with Gasteiger partial charge >= 0.3 is 0 Å². The summed E-state index contributed by atoms with van der Waals surface area (Å²) >= 11 is 0. The molecule has 0 saturated carbocycles. The Balaban J connectivity index is 2.56. The summed E-state index contributed by atoms with van der Waals surface area (Å²) in [5, 5.41) is 11.9. The van der Waals surface area contributed by atoms with Crippen molar-refractivity contribution in [2.75, 3.05) is 19.7 Å². The van der Waals surface area contributed by atoms with E-state index in [1.807, 2.05) is 26.0 Å². The van der Waals surface area contributed by atoms with Crippen molar-refractivity contribution in [2.45, 2.75) is 20.3 Å². The molecule has 1 amide bonds. The first-order chi connectivity index (χ1) is 8.48. The fourth-order valence-electron chi connectivity index (χ4n) is 1.47. The first-order valence-corrected chi connectivity index (χ1v) is 6.16. The van der Waals surface area contributed by atoms with Crippen molar-refractivity contribution in [1.82, 2.24) is 5.32 Å². The Kier molecular flexibility index (Phi) is 5.31. The van der Waals surface area contributed by atoms with Crippen LogP contribution in [0.1, 0.15) is 29.8 Å². The van der Waals surface area contributed by atoms with Gasteiger partial charge in [-0.2, -0.15) is 0 Å². The zero-order valence-corrected chi connectivity index (χ0v) is 11.1. The fraction of sp³-hybridized carbons (Fsp3) is 0.500. The lowest BCUT2D eigenvalue weighted by molar-refractivity contribution is 0.0911. The van der Waals surface area contributed by atoms with Crippen molar-refractivity contribution < 1.29 is 9.90 Å². The minimum Gasteiger partial charge on any atom is -0.396 e. The summed E-state index contributed by atoms with van der Waals surface area (Å²) in [6, 6.07) is 7.43. The van der Waals surface area contributed by atoms with Crippen LogP contribution in [0.15, 0.2) is 24.3 Å². The number of nitrogens with two attached hydrogens (primary N) is 1. The summed E-state index contributed by atoms with van der Waals surface area (Å²) < 4.78 is 0. The second kappa shape index (κ2) is 6.52. The van der Waals surface area contributed by atoms with Crippen LogP contribution in [-0.4, -0.2) is 30.7 Å².